The van der Waals surface area contributed by atoms with Crippen molar-refractivity contribution in [2.45, 2.75) is 18.4 Å². The number of hydrogen-bond acceptors (Lipinski definition) is 5. The molecule has 4 rings (SSSR count). The Hall–Kier alpha value is -3.06. The summed E-state index contributed by atoms with van der Waals surface area (Å²) in [6.07, 6.45) is 1.79. The normalized spacial score (nSPS) is 17.3. The Balaban J connectivity index is 1.38. The van der Waals surface area contributed by atoms with Crippen LogP contribution in [0.3, 0.4) is 0 Å². The van der Waals surface area contributed by atoms with Crippen LogP contribution in [0.25, 0.3) is 0 Å². The number of hydrogen-bond donors (Lipinski definition) is 3. The molecule has 0 saturated heterocycles. The highest BCUT2D eigenvalue weighted by Gasteiger charge is 2.45. The Morgan fingerprint density at radius 3 is 2.43 bits per heavy atom. The van der Waals surface area contributed by atoms with E-state index in [9.17, 15) is 14.7 Å². The molecule has 2 amide bonds. The molecule has 1 aliphatic carbocycles. The Kier molecular flexibility index (Phi) is 4.92. The molecule has 0 bridgehead atoms. The number of carbonyl (C=O) groups excluding carboxylic acids is 2. The number of anilines is 1. The molecule has 2 aromatic rings. The van der Waals surface area contributed by atoms with E-state index in [1.54, 1.807) is 18.2 Å². The Bertz CT molecular complexity index is 882. The zero-order chi connectivity index (χ0) is 19.6. The summed E-state index contributed by atoms with van der Waals surface area (Å²) in [6, 6.07) is 14.2. The van der Waals surface area contributed by atoms with Crippen LogP contribution in [0.2, 0.25) is 0 Å². The molecule has 1 aliphatic heterocycles. The number of rotatable bonds is 5. The third kappa shape index (κ3) is 3.80. The molecule has 28 heavy (non-hydrogen) atoms. The maximum atomic E-state index is 12.3. The van der Waals surface area contributed by atoms with E-state index in [-0.39, 0.29) is 12.5 Å². The fraction of sp³-hybridized carbons (Fsp3) is 0.333. The van der Waals surface area contributed by atoms with E-state index < -0.39 is 17.4 Å². The van der Waals surface area contributed by atoms with E-state index in [4.69, 9.17) is 9.47 Å². The second kappa shape index (κ2) is 7.52. The first-order chi connectivity index (χ1) is 13.6. The average Bonchev–Trinajstić information content (AvgIpc) is 3.58. The van der Waals surface area contributed by atoms with Crippen molar-refractivity contribution in [3.63, 3.8) is 0 Å². The van der Waals surface area contributed by atoms with Crippen molar-refractivity contribution >= 4 is 17.5 Å². The van der Waals surface area contributed by atoms with Gasteiger partial charge in [0.25, 0.3) is 0 Å². The molecule has 7 nitrogen and oxygen atoms in total. The van der Waals surface area contributed by atoms with Crippen molar-refractivity contribution in [2.75, 3.05) is 25.1 Å². The summed E-state index contributed by atoms with van der Waals surface area (Å²) in [5.41, 5.74) is 0.00347. The number of fused-ring (bicyclic) bond motifs is 1. The van der Waals surface area contributed by atoms with Crippen LogP contribution in [0.5, 0.6) is 11.5 Å². The van der Waals surface area contributed by atoms with Gasteiger partial charge in [0.05, 0.1) is 6.54 Å². The fourth-order valence-electron chi connectivity index (χ4n) is 3.37. The van der Waals surface area contributed by atoms with Crippen LogP contribution < -0.4 is 20.1 Å². The number of aliphatic hydroxyl groups is 1. The summed E-state index contributed by atoms with van der Waals surface area (Å²) in [7, 11) is 0. The smallest absolute Gasteiger partial charge is 0.313 e. The second-order valence-electron chi connectivity index (χ2n) is 7.06. The minimum Gasteiger partial charge on any atom is -0.486 e. The van der Waals surface area contributed by atoms with Gasteiger partial charge in [0.1, 0.15) is 18.8 Å². The maximum absolute atomic E-state index is 12.3. The predicted molar refractivity (Wildman–Crippen MR) is 102 cm³/mol. The molecular formula is C21H22N2O5. The molecule has 0 radical (unpaired) electrons. The van der Waals surface area contributed by atoms with Gasteiger partial charge in [0, 0.05) is 11.8 Å². The molecule has 7 heteroatoms. The lowest BCUT2D eigenvalue weighted by Crippen LogP contribution is -2.45. The fourth-order valence-corrected chi connectivity index (χ4v) is 3.37. The third-order valence-electron chi connectivity index (χ3n) is 5.05. The van der Waals surface area contributed by atoms with E-state index >= 15 is 0 Å². The van der Waals surface area contributed by atoms with Crippen LogP contribution in [-0.2, 0) is 15.2 Å². The topological polar surface area (TPSA) is 96.9 Å². The van der Waals surface area contributed by atoms with Gasteiger partial charge in [-0.2, -0.15) is 0 Å². The maximum Gasteiger partial charge on any atom is 0.313 e. The molecular weight excluding hydrogens is 360 g/mol. The van der Waals surface area contributed by atoms with Gasteiger partial charge >= 0.3 is 11.8 Å². The van der Waals surface area contributed by atoms with Crippen LogP contribution >= 0.6 is 0 Å². The van der Waals surface area contributed by atoms with Crippen molar-refractivity contribution in [1.82, 2.24) is 5.32 Å². The number of carbonyl (C=O) groups is 2. The second-order valence-corrected chi connectivity index (χ2v) is 7.06. The molecule has 0 aromatic heterocycles. The van der Waals surface area contributed by atoms with Gasteiger partial charge in [0.2, 0.25) is 0 Å². The Labute approximate surface area is 162 Å². The third-order valence-corrected chi connectivity index (χ3v) is 5.05. The summed E-state index contributed by atoms with van der Waals surface area (Å²) in [4.78, 5) is 24.5. The predicted octanol–water partition coefficient (Wildman–Crippen LogP) is 1.81. The standard InChI is InChI=1S/C21H22N2O5/c24-19(20(25)23-16-8-9-17-18(12-16)28-11-10-27-17)22-13-21(26,15-6-7-15)14-4-2-1-3-5-14/h1-5,8-9,12,15,26H,6-7,10-11,13H2,(H,22,24)(H,23,25)/t21-/m1/s1. The lowest BCUT2D eigenvalue weighted by atomic mass is 9.88. The van der Waals surface area contributed by atoms with Gasteiger partial charge in [-0.15, -0.1) is 0 Å². The van der Waals surface area contributed by atoms with Crippen molar-refractivity contribution in [3.8, 4) is 11.5 Å². The van der Waals surface area contributed by atoms with Crippen molar-refractivity contribution in [1.29, 1.82) is 0 Å². The van der Waals surface area contributed by atoms with Gasteiger partial charge in [-0.3, -0.25) is 9.59 Å². The molecule has 146 valence electrons. The van der Waals surface area contributed by atoms with Gasteiger partial charge in [-0.25, -0.2) is 0 Å². The SMILES string of the molecule is O=C(NC[C@@](O)(c1ccccc1)C1CC1)C(=O)Nc1ccc2c(c1)OCCO2. The summed E-state index contributed by atoms with van der Waals surface area (Å²) in [5, 5.41) is 16.2. The van der Waals surface area contributed by atoms with Gasteiger partial charge in [0.15, 0.2) is 11.5 Å². The molecule has 1 saturated carbocycles. The molecule has 3 N–H and O–H groups in total. The number of benzene rings is 2. The quantitative estimate of drug-likeness (QED) is 0.686. The minimum atomic E-state index is -1.17. The van der Waals surface area contributed by atoms with Crippen molar-refractivity contribution in [3.05, 3.63) is 54.1 Å². The van der Waals surface area contributed by atoms with Crippen LogP contribution in [0, 0.1) is 5.92 Å². The summed E-state index contributed by atoms with van der Waals surface area (Å²) in [5.74, 6) is -0.397. The monoisotopic (exact) mass is 382 g/mol. The van der Waals surface area contributed by atoms with Crippen LogP contribution in [0.4, 0.5) is 5.69 Å². The average molecular weight is 382 g/mol. The Morgan fingerprint density at radius 1 is 1.00 bits per heavy atom. The summed E-state index contributed by atoms with van der Waals surface area (Å²) in [6.45, 7) is 0.894. The molecule has 2 aliphatic rings. The van der Waals surface area contributed by atoms with Crippen molar-refractivity contribution < 1.29 is 24.2 Å². The largest absolute Gasteiger partial charge is 0.486 e. The van der Waals surface area contributed by atoms with E-state index in [1.807, 2.05) is 30.3 Å². The van der Waals surface area contributed by atoms with E-state index in [0.717, 1.165) is 18.4 Å². The molecule has 1 atom stereocenters. The van der Waals surface area contributed by atoms with Gasteiger partial charge in [-0.1, -0.05) is 30.3 Å². The van der Waals surface area contributed by atoms with E-state index in [1.165, 1.54) is 0 Å². The zero-order valence-corrected chi connectivity index (χ0v) is 15.3. The summed E-state index contributed by atoms with van der Waals surface area (Å²) >= 11 is 0. The van der Waals surface area contributed by atoms with Gasteiger partial charge in [-0.05, 0) is 36.5 Å². The first-order valence-corrected chi connectivity index (χ1v) is 9.33. The van der Waals surface area contributed by atoms with Crippen LogP contribution in [0.1, 0.15) is 18.4 Å². The van der Waals surface area contributed by atoms with Crippen LogP contribution in [0.15, 0.2) is 48.5 Å². The van der Waals surface area contributed by atoms with Crippen molar-refractivity contribution in [2.24, 2.45) is 5.92 Å². The number of ether oxygens (including phenoxy) is 2. The first kappa shape index (κ1) is 18.3. The van der Waals surface area contributed by atoms with E-state index in [2.05, 4.69) is 10.6 Å². The number of nitrogens with one attached hydrogen (secondary N) is 2. The number of amides is 2. The van der Waals surface area contributed by atoms with Gasteiger partial charge < -0.3 is 25.2 Å². The molecule has 1 fully saturated rings. The van der Waals surface area contributed by atoms with E-state index in [0.29, 0.717) is 30.4 Å². The molecule has 0 unspecified atom stereocenters. The van der Waals surface area contributed by atoms with Crippen LogP contribution in [-0.4, -0.2) is 36.7 Å². The highest BCUT2D eigenvalue weighted by Crippen LogP contribution is 2.45. The lowest BCUT2D eigenvalue weighted by Gasteiger charge is -2.29. The lowest BCUT2D eigenvalue weighted by molar-refractivity contribution is -0.137. The Morgan fingerprint density at radius 2 is 1.71 bits per heavy atom. The molecule has 1 heterocycles. The highest BCUT2D eigenvalue weighted by atomic mass is 16.6. The molecule has 2 aromatic carbocycles. The minimum absolute atomic E-state index is 0.0188. The summed E-state index contributed by atoms with van der Waals surface area (Å²) < 4.78 is 10.9. The highest BCUT2D eigenvalue weighted by molar-refractivity contribution is 6.39. The first-order valence-electron chi connectivity index (χ1n) is 9.33. The molecule has 0 spiro atoms. The zero-order valence-electron chi connectivity index (χ0n) is 15.3.